The second kappa shape index (κ2) is 9.91. The third-order valence-electron chi connectivity index (χ3n) is 5.17. The number of anilines is 1. The summed E-state index contributed by atoms with van der Waals surface area (Å²) in [7, 11) is 0. The van der Waals surface area contributed by atoms with E-state index in [0.29, 0.717) is 12.4 Å². The third kappa shape index (κ3) is 6.13. The summed E-state index contributed by atoms with van der Waals surface area (Å²) in [5.41, 5.74) is 0.337. The van der Waals surface area contributed by atoms with Crippen molar-refractivity contribution in [2.45, 2.75) is 52.5 Å². The summed E-state index contributed by atoms with van der Waals surface area (Å²) >= 11 is 5.72. The Labute approximate surface area is 189 Å². The van der Waals surface area contributed by atoms with Crippen molar-refractivity contribution in [2.24, 2.45) is 5.41 Å². The van der Waals surface area contributed by atoms with Crippen molar-refractivity contribution < 1.29 is 13.6 Å². The van der Waals surface area contributed by atoms with Gasteiger partial charge in [-0.1, -0.05) is 32.4 Å². The van der Waals surface area contributed by atoms with Crippen LogP contribution >= 0.6 is 22.9 Å². The van der Waals surface area contributed by atoms with Gasteiger partial charge in [-0.2, -0.15) is 9.78 Å². The highest BCUT2D eigenvalue weighted by molar-refractivity contribution is 7.79. The smallest absolute Gasteiger partial charge is 0.254 e. The van der Waals surface area contributed by atoms with Gasteiger partial charge in [0.25, 0.3) is 5.91 Å². The Morgan fingerprint density at radius 3 is 2.77 bits per heavy atom. The minimum absolute atomic E-state index is 0.0635. The second-order valence-corrected chi connectivity index (χ2v) is 11.4. The minimum Gasteiger partial charge on any atom is -0.365 e. The molecule has 166 valence electrons. The van der Waals surface area contributed by atoms with Gasteiger partial charge in [0.15, 0.2) is 11.1 Å². The molecule has 2 aromatic rings. The van der Waals surface area contributed by atoms with Crippen molar-refractivity contribution >= 4 is 45.7 Å². The van der Waals surface area contributed by atoms with Crippen molar-refractivity contribution in [2.75, 3.05) is 24.3 Å². The summed E-state index contributed by atoms with van der Waals surface area (Å²) in [5, 5.41) is 8.05. The van der Waals surface area contributed by atoms with Gasteiger partial charge in [0, 0.05) is 22.3 Å². The maximum absolute atomic E-state index is 13.0. The van der Waals surface area contributed by atoms with Gasteiger partial charge in [0.2, 0.25) is 0 Å². The molecule has 0 radical (unpaired) electrons. The zero-order valence-corrected chi connectivity index (χ0v) is 19.9. The summed E-state index contributed by atoms with van der Waals surface area (Å²) in [4.78, 5) is 16.1. The largest absolute Gasteiger partial charge is 0.365 e. The average molecular weight is 473 g/mol. The summed E-state index contributed by atoms with van der Waals surface area (Å²) in [6, 6.07) is 5.81. The molecule has 10 heteroatoms. The summed E-state index contributed by atoms with van der Waals surface area (Å²) in [6.45, 7) is 7.77. The molecule has 2 atom stereocenters. The van der Waals surface area contributed by atoms with Gasteiger partial charge in [-0.3, -0.25) is 9.69 Å². The first-order chi connectivity index (χ1) is 14.1. The zero-order chi connectivity index (χ0) is 21.9. The van der Waals surface area contributed by atoms with E-state index in [1.54, 1.807) is 0 Å². The van der Waals surface area contributed by atoms with Crippen LogP contribution in [0.1, 0.15) is 61.3 Å². The van der Waals surface area contributed by atoms with Gasteiger partial charge < -0.3 is 9.87 Å². The Balaban J connectivity index is 1.80. The molecule has 0 aliphatic carbocycles. The number of nitrogens with zero attached hydrogens (tertiary/aromatic N) is 3. The highest BCUT2D eigenvalue weighted by atomic mass is 35.5. The van der Waals surface area contributed by atoms with E-state index in [4.69, 9.17) is 16.7 Å². The van der Waals surface area contributed by atoms with Gasteiger partial charge in [-0.15, -0.1) is 11.3 Å². The first-order valence-corrected chi connectivity index (χ1v) is 12.5. The summed E-state index contributed by atoms with van der Waals surface area (Å²) in [5.74, 6) is 1.02. The fourth-order valence-electron chi connectivity index (χ4n) is 3.56. The normalized spacial score (nSPS) is 19.4. The summed E-state index contributed by atoms with van der Waals surface area (Å²) in [6.07, 6.45) is 2.71. The third-order valence-corrected chi connectivity index (χ3v) is 6.98. The molecule has 3 heterocycles. The maximum Gasteiger partial charge on any atom is 0.254 e. The molecule has 0 aromatic carbocycles. The van der Waals surface area contributed by atoms with Crippen LogP contribution in [0.3, 0.4) is 0 Å². The number of hydrogen-bond donors (Lipinski definition) is 2. The van der Waals surface area contributed by atoms with Crippen LogP contribution in [-0.4, -0.2) is 48.3 Å². The number of nitrogens with one attached hydrogen (secondary N) is 1. The molecule has 1 saturated heterocycles. The second-order valence-electron chi connectivity index (χ2n) is 8.68. The standard InChI is InChI=1S/C20H29ClN4O3S2/c1-20(2,3)19(26)25-18(22-12-15-6-7-17(21)29-15)11-16(23-25)14-5-4-9-24(10-8-14)13-30(27)28/h6-7,11,14,22H,4-5,8-10,12-13H2,1-3H3,(H,27,28). The number of hydrogen-bond acceptors (Lipinski definition) is 6. The molecular formula is C20H29ClN4O3S2. The molecular weight excluding hydrogens is 444 g/mol. The fraction of sp³-hybridized carbons (Fsp3) is 0.600. The molecule has 0 amide bonds. The van der Waals surface area contributed by atoms with E-state index in [9.17, 15) is 13.6 Å². The van der Waals surface area contributed by atoms with Gasteiger partial charge >= 0.3 is 0 Å². The number of halogens is 1. The number of thiophene rings is 1. The lowest BCUT2D eigenvalue weighted by atomic mass is 9.96. The van der Waals surface area contributed by atoms with Crippen LogP contribution in [0.4, 0.5) is 5.82 Å². The highest BCUT2D eigenvalue weighted by Crippen LogP contribution is 2.31. The van der Waals surface area contributed by atoms with Crippen LogP contribution < -0.4 is 5.32 Å². The van der Waals surface area contributed by atoms with Crippen molar-refractivity contribution in [1.82, 2.24) is 14.7 Å². The SMILES string of the molecule is CC(C)(C)C(=O)n1nc(C2CCCN(CS(=O)O)CC2)cc1NCc1ccc(Cl)s1. The molecule has 0 bridgehead atoms. The highest BCUT2D eigenvalue weighted by Gasteiger charge is 2.29. The minimum atomic E-state index is -1.82. The quantitative estimate of drug-likeness (QED) is 0.595. The number of carbonyl (C=O) groups excluding carboxylic acids is 1. The zero-order valence-electron chi connectivity index (χ0n) is 17.6. The van der Waals surface area contributed by atoms with Gasteiger partial charge in [-0.05, 0) is 44.5 Å². The van der Waals surface area contributed by atoms with Crippen molar-refractivity contribution in [1.29, 1.82) is 0 Å². The number of carbonyl (C=O) groups is 1. The Morgan fingerprint density at radius 2 is 2.13 bits per heavy atom. The number of rotatable bonds is 6. The van der Waals surface area contributed by atoms with E-state index in [1.807, 2.05) is 43.9 Å². The Bertz CT molecular complexity index is 906. The molecule has 2 N–H and O–H groups in total. The molecule has 2 unspecified atom stereocenters. The van der Waals surface area contributed by atoms with Crippen LogP contribution in [0.5, 0.6) is 0 Å². The van der Waals surface area contributed by atoms with Crippen LogP contribution in [0.15, 0.2) is 18.2 Å². The van der Waals surface area contributed by atoms with E-state index >= 15 is 0 Å². The van der Waals surface area contributed by atoms with E-state index < -0.39 is 16.5 Å². The maximum atomic E-state index is 13.0. The molecule has 0 spiro atoms. The lowest BCUT2D eigenvalue weighted by Gasteiger charge is -2.18. The predicted molar refractivity (Wildman–Crippen MR) is 123 cm³/mol. The molecule has 1 aliphatic heterocycles. The van der Waals surface area contributed by atoms with Gasteiger partial charge in [0.05, 0.1) is 16.6 Å². The lowest BCUT2D eigenvalue weighted by molar-refractivity contribution is 0.0751. The molecule has 3 rings (SSSR count). The average Bonchev–Trinajstić information content (AvgIpc) is 3.19. The Kier molecular flexibility index (Phi) is 7.73. The van der Waals surface area contributed by atoms with Crippen LogP contribution in [0.25, 0.3) is 0 Å². The van der Waals surface area contributed by atoms with Crippen LogP contribution in [0.2, 0.25) is 4.34 Å². The van der Waals surface area contributed by atoms with Crippen LogP contribution in [-0.2, 0) is 17.6 Å². The molecule has 1 fully saturated rings. The van der Waals surface area contributed by atoms with E-state index in [-0.39, 0.29) is 17.7 Å². The van der Waals surface area contributed by atoms with Crippen LogP contribution in [0, 0.1) is 5.41 Å². The molecule has 1 aliphatic rings. The Morgan fingerprint density at radius 1 is 1.37 bits per heavy atom. The first kappa shape index (κ1) is 23.4. The molecule has 30 heavy (non-hydrogen) atoms. The summed E-state index contributed by atoms with van der Waals surface area (Å²) < 4.78 is 22.5. The van der Waals surface area contributed by atoms with Crippen molar-refractivity contribution in [3.63, 3.8) is 0 Å². The Hall–Kier alpha value is -1.26. The number of likely N-dealkylation sites (tertiary alicyclic amines) is 1. The van der Waals surface area contributed by atoms with E-state index in [0.717, 1.165) is 47.3 Å². The molecule has 2 aromatic heterocycles. The topological polar surface area (TPSA) is 87.5 Å². The fourth-order valence-corrected chi connectivity index (χ4v) is 5.16. The lowest BCUT2D eigenvalue weighted by Crippen LogP contribution is -2.29. The van der Waals surface area contributed by atoms with Gasteiger partial charge in [0.1, 0.15) is 11.7 Å². The van der Waals surface area contributed by atoms with Crippen molar-refractivity contribution in [3.8, 4) is 0 Å². The number of aromatic nitrogens is 2. The first-order valence-electron chi connectivity index (χ1n) is 10.1. The monoisotopic (exact) mass is 472 g/mol. The van der Waals surface area contributed by atoms with E-state index in [2.05, 4.69) is 5.32 Å². The van der Waals surface area contributed by atoms with Crippen molar-refractivity contribution in [3.05, 3.63) is 33.1 Å². The predicted octanol–water partition coefficient (Wildman–Crippen LogP) is 4.65. The van der Waals surface area contributed by atoms with Gasteiger partial charge in [-0.25, -0.2) is 4.21 Å². The molecule has 7 nitrogen and oxygen atoms in total. The molecule has 0 saturated carbocycles. The van der Waals surface area contributed by atoms with E-state index in [1.165, 1.54) is 16.0 Å².